The number of hydrogen-bond donors (Lipinski definition) is 0. The second-order valence-electron chi connectivity index (χ2n) is 8.17. The first kappa shape index (κ1) is 26.2. The number of carbonyl (C=O) groups excluding carboxylic acids is 2. The monoisotopic (exact) mass is 535 g/mol. The van der Waals surface area contributed by atoms with Crippen LogP contribution in [0.25, 0.3) is 39.0 Å². The summed E-state index contributed by atoms with van der Waals surface area (Å²) in [5.74, 6) is 0.763. The summed E-state index contributed by atoms with van der Waals surface area (Å²) in [5.41, 5.74) is 5.27. The first-order valence-corrected chi connectivity index (χ1v) is 12.9. The molecule has 0 atom stereocenters. The van der Waals surface area contributed by atoms with Gasteiger partial charge in [0, 0.05) is 35.1 Å². The van der Waals surface area contributed by atoms with Crippen molar-refractivity contribution < 1.29 is 18.4 Å². The minimum Gasteiger partial charge on any atom is -0.421 e. The van der Waals surface area contributed by atoms with Crippen LogP contribution < -0.4 is 0 Å². The zero-order valence-corrected chi connectivity index (χ0v) is 22.1. The van der Waals surface area contributed by atoms with E-state index in [-0.39, 0.29) is 12.0 Å². The zero-order valence-electron chi connectivity index (χ0n) is 20.4. The van der Waals surface area contributed by atoms with E-state index in [1.54, 1.807) is 40.8 Å². The zero-order chi connectivity index (χ0) is 26.5. The summed E-state index contributed by atoms with van der Waals surface area (Å²) in [6.45, 7) is 8.02. The van der Waals surface area contributed by atoms with Crippen molar-refractivity contribution in [2.75, 3.05) is 0 Å². The Labute approximate surface area is 220 Å². The first-order chi connectivity index (χ1) is 17.8. The highest BCUT2D eigenvalue weighted by Gasteiger charge is 2.19. The average molecular weight is 536 g/mol. The highest BCUT2D eigenvalue weighted by Crippen LogP contribution is 2.40. The third kappa shape index (κ3) is 6.08. The van der Waals surface area contributed by atoms with Gasteiger partial charge in [-0.25, -0.2) is 14.1 Å². The molecule has 5 aromatic rings. The van der Waals surface area contributed by atoms with Crippen LogP contribution in [0.4, 0.5) is 4.39 Å². The fraction of sp³-hybridized carbons (Fsp3) is 0.192. The molecule has 8 nitrogen and oxygen atoms in total. The van der Waals surface area contributed by atoms with Crippen molar-refractivity contribution in [3.63, 3.8) is 0 Å². The number of hydrogen-bond acceptors (Lipinski definition) is 9. The van der Waals surface area contributed by atoms with Gasteiger partial charge in [-0.3, -0.25) is 0 Å². The van der Waals surface area contributed by atoms with E-state index in [1.807, 2.05) is 43.5 Å². The lowest BCUT2D eigenvalue weighted by atomic mass is 10.1. The summed E-state index contributed by atoms with van der Waals surface area (Å²) in [6.07, 6.45) is 2.16. The fourth-order valence-corrected chi connectivity index (χ4v) is 6.00. The van der Waals surface area contributed by atoms with Gasteiger partial charge in [0.15, 0.2) is 0 Å². The number of rotatable bonds is 6. The molecule has 2 aromatic carbocycles. The van der Waals surface area contributed by atoms with Gasteiger partial charge in [0.25, 0.3) is 0 Å². The largest absolute Gasteiger partial charge is 0.421 e. The van der Waals surface area contributed by atoms with Crippen LogP contribution in [-0.4, -0.2) is 36.4 Å². The molecule has 3 heterocycles. The van der Waals surface area contributed by atoms with Gasteiger partial charge in [0.1, 0.15) is 5.82 Å². The highest BCUT2D eigenvalue weighted by atomic mass is 32.2. The minimum atomic E-state index is -0.268. The van der Waals surface area contributed by atoms with Crippen molar-refractivity contribution in [2.45, 2.75) is 37.2 Å². The maximum atomic E-state index is 13.8. The molecule has 0 aliphatic carbocycles. The Kier molecular flexibility index (Phi) is 8.08. The minimum absolute atomic E-state index is 0.250. The van der Waals surface area contributed by atoms with E-state index in [1.165, 1.54) is 12.1 Å². The third-order valence-corrected chi connectivity index (χ3v) is 7.35. The normalized spacial score (nSPS) is 10.8. The predicted molar refractivity (Wildman–Crippen MR) is 139 cm³/mol. The molecule has 0 N–H and O–H groups in total. The number of aromatic nitrogens is 5. The molecule has 0 aliphatic rings. The van der Waals surface area contributed by atoms with Gasteiger partial charge in [-0.1, -0.05) is 49.4 Å². The smallest absolute Gasteiger partial charge is 0.373 e. The summed E-state index contributed by atoms with van der Waals surface area (Å²) in [4.78, 5) is 21.2. The summed E-state index contributed by atoms with van der Waals surface area (Å²) in [5, 5.41) is 13.8. The standard InChI is InChI=1S/C25H22FN5OS2.CO2/c1-14(2)33-24-22(17-8-10-18(11-9-17)23-29-28-16(4)32-23)27-25(34-24)31-13-21(15(3)30-31)19-6-5-7-20(26)12-19;2-1-3/h5-14H,1-4H3;. The SMILES string of the molecule is Cc1nnc(-c2ccc(-c3nc(-n4cc(-c5cccc(F)c5)c(C)n4)sc3SC(C)C)cc2)o1.O=C=O. The lowest BCUT2D eigenvalue weighted by Crippen LogP contribution is -1.94. The van der Waals surface area contributed by atoms with E-state index in [9.17, 15) is 4.39 Å². The van der Waals surface area contributed by atoms with E-state index in [4.69, 9.17) is 19.0 Å². The Morgan fingerprint density at radius 3 is 2.35 bits per heavy atom. The van der Waals surface area contributed by atoms with Crippen LogP contribution in [0.3, 0.4) is 0 Å². The number of thioether (sulfide) groups is 1. The molecule has 0 amide bonds. The van der Waals surface area contributed by atoms with Gasteiger partial charge in [-0.15, -0.1) is 22.0 Å². The van der Waals surface area contributed by atoms with Crippen LogP contribution in [0.5, 0.6) is 0 Å². The predicted octanol–water partition coefficient (Wildman–Crippen LogP) is 6.39. The summed E-state index contributed by atoms with van der Waals surface area (Å²) >= 11 is 3.37. The molecule has 0 radical (unpaired) electrons. The van der Waals surface area contributed by atoms with Gasteiger partial charge < -0.3 is 4.42 Å². The van der Waals surface area contributed by atoms with Crippen molar-refractivity contribution in [1.29, 1.82) is 0 Å². The Bertz CT molecular complexity index is 1550. The topological polar surface area (TPSA) is 104 Å². The van der Waals surface area contributed by atoms with Crippen LogP contribution in [-0.2, 0) is 9.59 Å². The number of thiazole rings is 1. The van der Waals surface area contributed by atoms with E-state index < -0.39 is 0 Å². The fourth-order valence-electron chi connectivity index (χ4n) is 3.55. The number of nitrogens with zero attached hydrogens (tertiary/aromatic N) is 5. The molecule has 0 aliphatic heterocycles. The molecule has 0 spiro atoms. The molecule has 37 heavy (non-hydrogen) atoms. The maximum absolute atomic E-state index is 13.8. The molecule has 5 rings (SSSR count). The summed E-state index contributed by atoms with van der Waals surface area (Å²) in [6, 6.07) is 14.5. The lowest BCUT2D eigenvalue weighted by molar-refractivity contribution is -0.191. The second kappa shape index (κ2) is 11.4. The molecule has 188 valence electrons. The lowest BCUT2D eigenvalue weighted by Gasteiger charge is -2.05. The van der Waals surface area contributed by atoms with Crippen molar-refractivity contribution in [2.24, 2.45) is 0 Å². The van der Waals surface area contributed by atoms with E-state index in [0.717, 1.165) is 43.0 Å². The van der Waals surface area contributed by atoms with Gasteiger partial charge in [0.05, 0.1) is 15.6 Å². The second-order valence-corrected chi connectivity index (χ2v) is 11.0. The van der Waals surface area contributed by atoms with E-state index >= 15 is 0 Å². The Morgan fingerprint density at radius 1 is 1.03 bits per heavy atom. The highest BCUT2D eigenvalue weighted by molar-refractivity contribution is 8.01. The Balaban J connectivity index is 0.00000102. The molecule has 0 unspecified atom stereocenters. The van der Waals surface area contributed by atoms with Crippen LogP contribution in [0.2, 0.25) is 0 Å². The van der Waals surface area contributed by atoms with Crippen LogP contribution >= 0.6 is 23.1 Å². The maximum Gasteiger partial charge on any atom is 0.373 e. The number of aryl methyl sites for hydroxylation is 2. The van der Waals surface area contributed by atoms with Crippen molar-refractivity contribution >= 4 is 29.3 Å². The van der Waals surface area contributed by atoms with E-state index in [2.05, 4.69) is 29.1 Å². The average Bonchev–Trinajstić information content (AvgIpc) is 3.58. The molecule has 11 heteroatoms. The number of benzene rings is 2. The van der Waals surface area contributed by atoms with Gasteiger partial charge in [-0.2, -0.15) is 14.7 Å². The Hall–Kier alpha value is -3.92. The molecule has 0 saturated carbocycles. The summed E-state index contributed by atoms with van der Waals surface area (Å²) < 4.78 is 22.2. The summed E-state index contributed by atoms with van der Waals surface area (Å²) in [7, 11) is 0. The van der Waals surface area contributed by atoms with Crippen molar-refractivity contribution in [1.82, 2.24) is 25.0 Å². The van der Waals surface area contributed by atoms with Crippen LogP contribution in [0.15, 0.2) is 63.4 Å². The molecular weight excluding hydrogens is 513 g/mol. The molecule has 0 fully saturated rings. The van der Waals surface area contributed by atoms with Gasteiger partial charge in [0.2, 0.25) is 16.9 Å². The van der Waals surface area contributed by atoms with Gasteiger partial charge >= 0.3 is 6.15 Å². The molecule has 3 aromatic heterocycles. The third-order valence-electron chi connectivity index (χ3n) is 5.09. The molecular formula is C26H22FN5O3S2. The Morgan fingerprint density at radius 2 is 1.73 bits per heavy atom. The van der Waals surface area contributed by atoms with Gasteiger partial charge in [-0.05, 0) is 36.8 Å². The van der Waals surface area contributed by atoms with Crippen LogP contribution in [0.1, 0.15) is 25.4 Å². The van der Waals surface area contributed by atoms with Crippen molar-refractivity contribution in [3.8, 4) is 39.0 Å². The van der Waals surface area contributed by atoms with Crippen LogP contribution in [0, 0.1) is 19.7 Å². The van der Waals surface area contributed by atoms with E-state index in [0.29, 0.717) is 17.0 Å². The van der Waals surface area contributed by atoms with Crippen molar-refractivity contribution in [3.05, 3.63) is 72.1 Å². The molecule has 0 saturated heterocycles. The molecule has 0 bridgehead atoms. The number of halogens is 1. The first-order valence-electron chi connectivity index (χ1n) is 11.2. The quantitative estimate of drug-likeness (QED) is 0.231.